The molecule has 6 rings (SSSR count). The number of benzene rings is 5. The summed E-state index contributed by atoms with van der Waals surface area (Å²) in [6.07, 6.45) is 0. The van der Waals surface area contributed by atoms with E-state index in [1.54, 1.807) is 72.8 Å². The fraction of sp³-hybridized carbons (Fsp3) is 0.0294. The van der Waals surface area contributed by atoms with Gasteiger partial charge in [0.15, 0.2) is 5.78 Å². The third-order valence-corrected chi connectivity index (χ3v) is 9.52. The highest BCUT2D eigenvalue weighted by Crippen LogP contribution is 2.38. The molecule has 0 saturated carbocycles. The highest BCUT2D eigenvalue weighted by molar-refractivity contribution is 7.91. The molecular weight excluding hydrogens is 619 g/mol. The summed E-state index contributed by atoms with van der Waals surface area (Å²) in [6, 6.07) is 30.0. The number of ketones is 1. The molecule has 0 aromatic heterocycles. The molecule has 0 saturated heterocycles. The van der Waals surface area contributed by atoms with Gasteiger partial charge in [-0.25, -0.2) is 8.42 Å². The smallest absolute Gasteiger partial charge is 0.259 e. The van der Waals surface area contributed by atoms with Gasteiger partial charge in [0.2, 0.25) is 9.84 Å². The standard InChI is InChI=1S/C34H22Cl2N2O5S/c35-24-10-6-7-21(17-24)20-38-29-18-23(13-16-31(29)44(42,43)30-12-5-4-11-26(30)34(38)41)33(40)37-28-15-14-25(36)19-27(28)32(39)22-8-2-1-3-9-22/h1-19H,20H2,(H,37,40). The molecule has 7 nitrogen and oxygen atoms in total. The van der Waals surface area contributed by atoms with Crippen LogP contribution in [0.4, 0.5) is 11.4 Å². The molecule has 0 unspecified atom stereocenters. The number of nitrogens with zero attached hydrogens (tertiary/aromatic N) is 1. The largest absolute Gasteiger partial charge is 0.321 e. The van der Waals surface area contributed by atoms with E-state index in [0.29, 0.717) is 21.2 Å². The summed E-state index contributed by atoms with van der Waals surface area (Å²) < 4.78 is 27.6. The van der Waals surface area contributed by atoms with Gasteiger partial charge in [-0.15, -0.1) is 0 Å². The zero-order valence-electron chi connectivity index (χ0n) is 22.8. The van der Waals surface area contributed by atoms with Gasteiger partial charge >= 0.3 is 0 Å². The van der Waals surface area contributed by atoms with E-state index in [1.807, 2.05) is 0 Å². The van der Waals surface area contributed by atoms with Gasteiger partial charge in [0.1, 0.15) is 0 Å². The summed E-state index contributed by atoms with van der Waals surface area (Å²) in [6.45, 7) is -0.00572. The quantitative estimate of drug-likeness (QED) is 0.194. The first-order valence-corrected chi connectivity index (χ1v) is 15.6. The van der Waals surface area contributed by atoms with Crippen LogP contribution in [0.3, 0.4) is 0 Å². The molecule has 1 aliphatic heterocycles. The van der Waals surface area contributed by atoms with E-state index >= 15 is 0 Å². The van der Waals surface area contributed by atoms with Crippen molar-refractivity contribution in [2.24, 2.45) is 0 Å². The Balaban J connectivity index is 1.43. The van der Waals surface area contributed by atoms with Crippen molar-refractivity contribution in [2.75, 3.05) is 10.2 Å². The third kappa shape index (κ3) is 5.51. The molecule has 10 heteroatoms. The number of rotatable bonds is 6. The number of nitrogens with one attached hydrogen (secondary N) is 1. The maximum absolute atomic E-state index is 13.9. The summed E-state index contributed by atoms with van der Waals surface area (Å²) in [7, 11) is -4.14. The Kier molecular flexibility index (Phi) is 7.82. The number of hydrogen-bond donors (Lipinski definition) is 1. The molecule has 0 radical (unpaired) electrons. The van der Waals surface area contributed by atoms with E-state index in [9.17, 15) is 22.8 Å². The summed E-state index contributed by atoms with van der Waals surface area (Å²) in [4.78, 5) is 41.9. The molecular formula is C34H22Cl2N2O5S. The Morgan fingerprint density at radius 3 is 2.20 bits per heavy atom. The van der Waals surface area contributed by atoms with Crippen LogP contribution in [-0.2, 0) is 16.4 Å². The minimum Gasteiger partial charge on any atom is -0.321 e. The second kappa shape index (κ2) is 11.7. The Hall–Kier alpha value is -4.76. The first-order valence-electron chi connectivity index (χ1n) is 13.4. The number of carbonyl (C=O) groups is 3. The Morgan fingerprint density at radius 1 is 0.705 bits per heavy atom. The highest BCUT2D eigenvalue weighted by atomic mass is 35.5. The molecule has 5 aromatic carbocycles. The Bertz CT molecular complexity index is 2080. The van der Waals surface area contributed by atoms with Crippen molar-refractivity contribution in [2.45, 2.75) is 16.3 Å². The van der Waals surface area contributed by atoms with Crippen molar-refractivity contribution in [1.82, 2.24) is 0 Å². The minimum atomic E-state index is -4.14. The average molecular weight is 642 g/mol. The van der Waals surface area contributed by atoms with Gasteiger partial charge in [-0.05, 0) is 66.2 Å². The monoisotopic (exact) mass is 640 g/mol. The van der Waals surface area contributed by atoms with Crippen LogP contribution in [0, 0.1) is 0 Å². The van der Waals surface area contributed by atoms with Gasteiger partial charge in [0.05, 0.1) is 33.3 Å². The Labute approximate surface area is 263 Å². The third-order valence-electron chi connectivity index (χ3n) is 7.19. The highest BCUT2D eigenvalue weighted by Gasteiger charge is 2.36. The second-order valence-electron chi connectivity index (χ2n) is 10.0. The van der Waals surface area contributed by atoms with Gasteiger partial charge in [0.25, 0.3) is 11.8 Å². The minimum absolute atomic E-state index is 0.00572. The van der Waals surface area contributed by atoms with Gasteiger partial charge in [-0.3, -0.25) is 14.4 Å². The maximum Gasteiger partial charge on any atom is 0.259 e. The molecule has 0 aliphatic carbocycles. The number of hydrogen-bond acceptors (Lipinski definition) is 5. The second-order valence-corrected chi connectivity index (χ2v) is 12.8. The summed E-state index contributed by atoms with van der Waals surface area (Å²) in [5.74, 6) is -1.51. The molecule has 0 fully saturated rings. The lowest BCUT2D eigenvalue weighted by Gasteiger charge is -2.23. The number of sulfone groups is 1. The van der Waals surface area contributed by atoms with Gasteiger partial charge in [-0.1, -0.05) is 77.8 Å². The SMILES string of the molecule is O=C(Nc1ccc(Cl)cc1C(=O)c1ccccc1)c1ccc2c(c1)N(Cc1cccc(Cl)c1)C(=O)c1ccccc1S2(=O)=O. The van der Waals surface area contributed by atoms with Crippen LogP contribution in [0.1, 0.15) is 42.2 Å². The van der Waals surface area contributed by atoms with Crippen LogP contribution in [-0.4, -0.2) is 26.0 Å². The molecule has 5 aromatic rings. The maximum atomic E-state index is 13.9. The predicted octanol–water partition coefficient (Wildman–Crippen LogP) is 7.47. The van der Waals surface area contributed by atoms with E-state index in [-0.39, 0.29) is 50.2 Å². The van der Waals surface area contributed by atoms with E-state index in [0.717, 1.165) is 0 Å². The number of fused-ring (bicyclic) bond motifs is 2. The lowest BCUT2D eigenvalue weighted by Crippen LogP contribution is -2.30. The van der Waals surface area contributed by atoms with Crippen molar-refractivity contribution in [3.8, 4) is 0 Å². The first-order chi connectivity index (χ1) is 21.1. The molecule has 1 N–H and O–H groups in total. The van der Waals surface area contributed by atoms with Crippen LogP contribution in [0.5, 0.6) is 0 Å². The Morgan fingerprint density at radius 2 is 1.43 bits per heavy atom. The van der Waals surface area contributed by atoms with E-state index in [1.165, 1.54) is 47.4 Å². The van der Waals surface area contributed by atoms with Crippen LogP contribution < -0.4 is 10.2 Å². The zero-order chi connectivity index (χ0) is 31.0. The molecule has 2 amide bonds. The fourth-order valence-corrected chi connectivity index (χ4v) is 7.09. The van der Waals surface area contributed by atoms with E-state index in [4.69, 9.17) is 23.2 Å². The van der Waals surface area contributed by atoms with Crippen LogP contribution >= 0.6 is 23.2 Å². The van der Waals surface area contributed by atoms with Crippen LogP contribution in [0.15, 0.2) is 125 Å². The lowest BCUT2D eigenvalue weighted by molar-refractivity contribution is 0.0978. The molecule has 1 heterocycles. The van der Waals surface area contributed by atoms with Crippen LogP contribution in [0.25, 0.3) is 0 Å². The lowest BCUT2D eigenvalue weighted by atomic mass is 10.0. The summed E-state index contributed by atoms with van der Waals surface area (Å²) >= 11 is 12.4. The molecule has 218 valence electrons. The molecule has 1 aliphatic rings. The average Bonchev–Trinajstić information content (AvgIpc) is 3.09. The van der Waals surface area contributed by atoms with E-state index < -0.39 is 21.7 Å². The normalized spacial score (nSPS) is 13.4. The fourth-order valence-electron chi connectivity index (χ4n) is 5.08. The van der Waals surface area contributed by atoms with Crippen molar-refractivity contribution in [3.05, 3.63) is 153 Å². The molecule has 0 spiro atoms. The summed E-state index contributed by atoms with van der Waals surface area (Å²) in [5, 5.41) is 3.53. The van der Waals surface area contributed by atoms with Gasteiger partial charge in [-0.2, -0.15) is 0 Å². The van der Waals surface area contributed by atoms with E-state index in [2.05, 4.69) is 5.32 Å². The van der Waals surface area contributed by atoms with Gasteiger partial charge in [0, 0.05) is 26.7 Å². The van der Waals surface area contributed by atoms with Crippen molar-refractivity contribution < 1.29 is 22.8 Å². The van der Waals surface area contributed by atoms with Gasteiger partial charge < -0.3 is 10.2 Å². The number of anilines is 2. The molecule has 44 heavy (non-hydrogen) atoms. The summed E-state index contributed by atoms with van der Waals surface area (Å²) in [5.41, 5.74) is 1.60. The zero-order valence-corrected chi connectivity index (χ0v) is 25.2. The predicted molar refractivity (Wildman–Crippen MR) is 170 cm³/mol. The number of amides is 2. The van der Waals surface area contributed by atoms with Crippen molar-refractivity contribution in [3.63, 3.8) is 0 Å². The molecule has 0 atom stereocenters. The van der Waals surface area contributed by atoms with Crippen molar-refractivity contribution in [1.29, 1.82) is 0 Å². The first kappa shape index (κ1) is 29.3. The number of carbonyl (C=O) groups excluding carboxylic acids is 3. The topological polar surface area (TPSA) is 101 Å². The van der Waals surface area contributed by atoms with Crippen LogP contribution in [0.2, 0.25) is 10.0 Å². The van der Waals surface area contributed by atoms with Crippen molar-refractivity contribution >= 4 is 62.0 Å². The molecule has 0 bridgehead atoms. The number of halogens is 2.